The molecule has 0 aliphatic heterocycles. The van der Waals surface area contributed by atoms with E-state index in [0.29, 0.717) is 16.3 Å². The Kier molecular flexibility index (Phi) is 5.46. The molecule has 1 amide bonds. The topological polar surface area (TPSA) is 75.6 Å². The van der Waals surface area contributed by atoms with Crippen molar-refractivity contribution in [1.29, 1.82) is 0 Å². The molecule has 6 heteroatoms. The summed E-state index contributed by atoms with van der Waals surface area (Å²) >= 11 is 5.98. The number of carbonyl (C=O) groups is 2. The molecule has 1 rings (SSSR count). The van der Waals surface area contributed by atoms with Gasteiger partial charge in [0.05, 0.1) is 5.41 Å². The zero-order chi connectivity index (χ0) is 17.1. The fraction of sp³-hybridized carbons (Fsp3) is 0.500. The Morgan fingerprint density at radius 3 is 2.32 bits per heavy atom. The van der Waals surface area contributed by atoms with Gasteiger partial charge in [0.25, 0.3) is 0 Å². The number of carboxylic acids is 1. The minimum Gasteiger partial charge on any atom is -0.481 e. The zero-order valence-corrected chi connectivity index (χ0v) is 14.2. The van der Waals surface area contributed by atoms with E-state index in [9.17, 15) is 14.7 Å². The molecule has 0 heterocycles. The maximum atomic E-state index is 11.9. The van der Waals surface area contributed by atoms with Crippen molar-refractivity contribution in [1.82, 2.24) is 0 Å². The number of carboxylic acid groups (broad SMARTS) is 1. The standard InChI is InChI=1S/C16H22ClNO4/c1-15(2,3)22-14(21)18-12-7-6-11(17)8-10(12)9-16(4,5)13(19)20/h6-8H,9H2,1-5H3,(H,18,21)(H,19,20). The Hall–Kier alpha value is -1.75. The van der Waals surface area contributed by atoms with Crippen molar-refractivity contribution >= 4 is 29.4 Å². The number of amides is 1. The molecular weight excluding hydrogens is 306 g/mol. The van der Waals surface area contributed by atoms with Crippen LogP contribution >= 0.6 is 11.6 Å². The highest BCUT2D eigenvalue weighted by atomic mass is 35.5. The average molecular weight is 328 g/mol. The molecular formula is C16H22ClNO4. The van der Waals surface area contributed by atoms with Gasteiger partial charge in [-0.25, -0.2) is 4.79 Å². The van der Waals surface area contributed by atoms with Crippen molar-refractivity contribution < 1.29 is 19.4 Å². The molecule has 0 bridgehead atoms. The van der Waals surface area contributed by atoms with Gasteiger partial charge in [-0.05, 0) is 64.8 Å². The second-order valence-electron chi connectivity index (χ2n) is 6.79. The fourth-order valence-electron chi connectivity index (χ4n) is 1.80. The van der Waals surface area contributed by atoms with E-state index >= 15 is 0 Å². The number of ether oxygens (including phenoxy) is 1. The minimum absolute atomic E-state index is 0.230. The normalized spacial score (nSPS) is 11.9. The summed E-state index contributed by atoms with van der Waals surface area (Å²) in [6, 6.07) is 4.92. The number of aliphatic carboxylic acids is 1. The van der Waals surface area contributed by atoms with Crippen molar-refractivity contribution in [2.24, 2.45) is 5.41 Å². The summed E-state index contributed by atoms with van der Waals surface area (Å²) in [5.74, 6) is -0.921. The fourth-order valence-corrected chi connectivity index (χ4v) is 1.99. The SMILES string of the molecule is CC(C)(C)OC(=O)Nc1ccc(Cl)cc1CC(C)(C)C(=O)O. The van der Waals surface area contributed by atoms with E-state index in [1.807, 2.05) is 0 Å². The van der Waals surface area contributed by atoms with E-state index in [1.54, 1.807) is 52.8 Å². The lowest BCUT2D eigenvalue weighted by Crippen LogP contribution is -2.29. The van der Waals surface area contributed by atoms with Crippen LogP contribution in [0.3, 0.4) is 0 Å². The number of nitrogens with one attached hydrogen (secondary N) is 1. The lowest BCUT2D eigenvalue weighted by molar-refractivity contribution is -0.146. The minimum atomic E-state index is -0.977. The van der Waals surface area contributed by atoms with Gasteiger partial charge in [-0.15, -0.1) is 0 Å². The molecule has 22 heavy (non-hydrogen) atoms. The predicted molar refractivity (Wildman–Crippen MR) is 86.4 cm³/mol. The van der Waals surface area contributed by atoms with Gasteiger partial charge in [-0.3, -0.25) is 10.1 Å². The maximum absolute atomic E-state index is 11.9. The van der Waals surface area contributed by atoms with Crippen molar-refractivity contribution in [3.8, 4) is 0 Å². The van der Waals surface area contributed by atoms with Crippen LogP contribution in [0.25, 0.3) is 0 Å². The molecule has 0 aliphatic rings. The molecule has 0 radical (unpaired) electrons. The first-order valence-corrected chi connectivity index (χ1v) is 7.30. The third-order valence-electron chi connectivity index (χ3n) is 2.91. The molecule has 1 aromatic carbocycles. The third kappa shape index (κ3) is 5.56. The Balaban J connectivity index is 3.01. The first kappa shape index (κ1) is 18.3. The number of hydrogen-bond donors (Lipinski definition) is 2. The number of carbonyl (C=O) groups excluding carboxylic acids is 1. The van der Waals surface area contributed by atoms with Crippen LogP contribution in [0.15, 0.2) is 18.2 Å². The summed E-state index contributed by atoms with van der Waals surface area (Å²) in [6.07, 6.45) is -0.363. The average Bonchev–Trinajstić information content (AvgIpc) is 2.29. The monoisotopic (exact) mass is 327 g/mol. The van der Waals surface area contributed by atoms with Crippen molar-refractivity contribution in [2.75, 3.05) is 5.32 Å². The largest absolute Gasteiger partial charge is 0.481 e. The summed E-state index contributed by atoms with van der Waals surface area (Å²) in [7, 11) is 0. The quantitative estimate of drug-likeness (QED) is 0.862. The number of halogens is 1. The van der Waals surface area contributed by atoms with Crippen LogP contribution in [-0.4, -0.2) is 22.8 Å². The molecule has 0 saturated carbocycles. The van der Waals surface area contributed by atoms with Crippen LogP contribution in [0.1, 0.15) is 40.2 Å². The highest BCUT2D eigenvalue weighted by molar-refractivity contribution is 6.30. The van der Waals surface area contributed by atoms with Gasteiger partial charge in [0, 0.05) is 10.7 Å². The van der Waals surface area contributed by atoms with Crippen LogP contribution in [-0.2, 0) is 16.0 Å². The number of benzene rings is 1. The smallest absolute Gasteiger partial charge is 0.412 e. The number of hydrogen-bond acceptors (Lipinski definition) is 3. The van der Waals surface area contributed by atoms with E-state index < -0.39 is 23.1 Å². The van der Waals surface area contributed by atoms with E-state index in [0.717, 1.165) is 0 Å². The summed E-state index contributed by atoms with van der Waals surface area (Å²) in [5, 5.41) is 12.4. The molecule has 5 nitrogen and oxygen atoms in total. The van der Waals surface area contributed by atoms with Gasteiger partial charge in [0.1, 0.15) is 5.60 Å². The molecule has 0 aliphatic carbocycles. The Morgan fingerprint density at radius 1 is 1.23 bits per heavy atom. The van der Waals surface area contributed by atoms with E-state index in [-0.39, 0.29) is 6.42 Å². The maximum Gasteiger partial charge on any atom is 0.412 e. The second kappa shape index (κ2) is 6.57. The highest BCUT2D eigenvalue weighted by Gasteiger charge is 2.29. The Morgan fingerprint density at radius 2 is 1.82 bits per heavy atom. The summed E-state index contributed by atoms with van der Waals surface area (Å²) in [5.41, 5.74) is -0.454. The molecule has 0 atom stereocenters. The molecule has 2 N–H and O–H groups in total. The van der Waals surface area contributed by atoms with E-state index in [4.69, 9.17) is 16.3 Å². The lowest BCUT2D eigenvalue weighted by Gasteiger charge is -2.23. The Bertz CT molecular complexity index is 576. The first-order chi connectivity index (χ1) is 9.90. The summed E-state index contributed by atoms with van der Waals surface area (Å²) < 4.78 is 5.21. The first-order valence-electron chi connectivity index (χ1n) is 6.92. The van der Waals surface area contributed by atoms with Crippen LogP contribution < -0.4 is 5.32 Å². The lowest BCUT2D eigenvalue weighted by atomic mass is 9.85. The van der Waals surface area contributed by atoms with E-state index in [1.165, 1.54) is 0 Å². The van der Waals surface area contributed by atoms with Gasteiger partial charge < -0.3 is 9.84 Å². The molecule has 1 aromatic rings. The van der Waals surface area contributed by atoms with Crippen LogP contribution in [0.2, 0.25) is 5.02 Å². The van der Waals surface area contributed by atoms with Gasteiger partial charge in [-0.2, -0.15) is 0 Å². The molecule has 122 valence electrons. The molecule has 0 spiro atoms. The van der Waals surface area contributed by atoms with Crippen molar-refractivity contribution in [3.05, 3.63) is 28.8 Å². The van der Waals surface area contributed by atoms with Gasteiger partial charge >= 0.3 is 12.1 Å². The van der Waals surface area contributed by atoms with Crippen LogP contribution in [0, 0.1) is 5.41 Å². The zero-order valence-electron chi connectivity index (χ0n) is 13.5. The summed E-state index contributed by atoms with van der Waals surface area (Å²) in [4.78, 5) is 23.2. The van der Waals surface area contributed by atoms with Gasteiger partial charge in [0.2, 0.25) is 0 Å². The van der Waals surface area contributed by atoms with Crippen molar-refractivity contribution in [2.45, 2.75) is 46.6 Å². The van der Waals surface area contributed by atoms with Crippen LogP contribution in [0.5, 0.6) is 0 Å². The predicted octanol–water partition coefficient (Wildman–Crippen LogP) is 4.34. The summed E-state index contributed by atoms with van der Waals surface area (Å²) in [6.45, 7) is 8.54. The van der Waals surface area contributed by atoms with E-state index in [2.05, 4.69) is 5.32 Å². The highest BCUT2D eigenvalue weighted by Crippen LogP contribution is 2.29. The number of rotatable bonds is 4. The molecule has 0 unspecified atom stereocenters. The molecule has 0 fully saturated rings. The Labute approximate surface area is 135 Å². The third-order valence-corrected chi connectivity index (χ3v) is 3.15. The van der Waals surface area contributed by atoms with Gasteiger partial charge in [0.15, 0.2) is 0 Å². The molecule has 0 saturated heterocycles. The second-order valence-corrected chi connectivity index (χ2v) is 7.23. The van der Waals surface area contributed by atoms with Crippen LogP contribution in [0.4, 0.5) is 10.5 Å². The van der Waals surface area contributed by atoms with Crippen molar-refractivity contribution in [3.63, 3.8) is 0 Å². The number of anilines is 1. The molecule has 0 aromatic heterocycles. The van der Waals surface area contributed by atoms with Gasteiger partial charge in [-0.1, -0.05) is 11.6 Å².